The molecule has 0 aliphatic heterocycles. The standard InChI is InChI=1S/C7H8N.Zn/c1-6-3-2-4-7(8)5-6;/h2-3,5H,8H2,1H3;/q-1;. The molecule has 0 bridgehead atoms. The molecule has 9 heavy (non-hydrogen) atoms. The molecule has 0 heterocycles. The van der Waals surface area contributed by atoms with Crippen LogP contribution in [-0.4, -0.2) is 0 Å². The molecule has 0 atom stereocenters. The van der Waals surface area contributed by atoms with Crippen molar-refractivity contribution in [3.63, 3.8) is 0 Å². The molecular weight excluding hydrogens is 163 g/mol. The average molecular weight is 172 g/mol. The third-order valence-corrected chi connectivity index (χ3v) is 0.979. The summed E-state index contributed by atoms with van der Waals surface area (Å²) in [7, 11) is 0. The van der Waals surface area contributed by atoms with Crippen LogP contribution in [-0.2, 0) is 19.5 Å². The Morgan fingerprint density at radius 2 is 2.22 bits per heavy atom. The summed E-state index contributed by atoms with van der Waals surface area (Å²) < 4.78 is 0. The summed E-state index contributed by atoms with van der Waals surface area (Å²) in [6.07, 6.45) is 0. The van der Waals surface area contributed by atoms with E-state index < -0.39 is 0 Å². The topological polar surface area (TPSA) is 26.0 Å². The van der Waals surface area contributed by atoms with E-state index in [9.17, 15) is 0 Å². The van der Waals surface area contributed by atoms with Gasteiger partial charge in [-0.3, -0.25) is 0 Å². The van der Waals surface area contributed by atoms with Crippen molar-refractivity contribution in [1.82, 2.24) is 0 Å². The molecular formula is C7H8NZn-. The van der Waals surface area contributed by atoms with E-state index in [0.29, 0.717) is 5.69 Å². The number of aryl methyl sites for hydroxylation is 1. The zero-order valence-corrected chi connectivity index (χ0v) is 8.48. The van der Waals surface area contributed by atoms with Gasteiger partial charge < -0.3 is 5.73 Å². The van der Waals surface area contributed by atoms with Crippen LogP contribution in [0.2, 0.25) is 0 Å². The number of hydrogen-bond donors (Lipinski definition) is 1. The van der Waals surface area contributed by atoms with E-state index in [0.717, 1.165) is 0 Å². The van der Waals surface area contributed by atoms with Crippen molar-refractivity contribution in [2.45, 2.75) is 6.92 Å². The Bertz CT molecular complexity index is 169. The molecule has 0 fully saturated rings. The minimum atomic E-state index is 0. The Hall–Kier alpha value is -0.357. The number of benzene rings is 1. The second kappa shape index (κ2) is 3.63. The third kappa shape index (κ3) is 2.62. The van der Waals surface area contributed by atoms with E-state index in [1.54, 1.807) is 0 Å². The van der Waals surface area contributed by atoms with Crippen LogP contribution < -0.4 is 5.73 Å². The molecule has 0 radical (unpaired) electrons. The predicted octanol–water partition coefficient (Wildman–Crippen LogP) is 1.37. The van der Waals surface area contributed by atoms with E-state index >= 15 is 0 Å². The number of hydrogen-bond acceptors (Lipinski definition) is 1. The minimum Gasteiger partial charge on any atom is -0.420 e. The maximum Gasteiger partial charge on any atom is 0 e. The van der Waals surface area contributed by atoms with Gasteiger partial charge in [-0.1, -0.05) is 12.6 Å². The normalized spacial score (nSPS) is 8.11. The molecule has 0 saturated heterocycles. The molecule has 2 N–H and O–H groups in total. The van der Waals surface area contributed by atoms with Gasteiger partial charge in [0, 0.05) is 19.5 Å². The Kier molecular flexibility index (Phi) is 3.48. The SMILES string of the molecule is Cc1cc[c-]c(N)c1.[Zn]. The number of anilines is 1. The van der Waals surface area contributed by atoms with Crippen LogP contribution in [0, 0.1) is 13.0 Å². The average Bonchev–Trinajstić information content (AvgIpc) is 1.64. The fraction of sp³-hybridized carbons (Fsp3) is 0.143. The maximum atomic E-state index is 5.40. The Morgan fingerprint density at radius 3 is 2.56 bits per heavy atom. The Balaban J connectivity index is 0.000000640. The minimum absolute atomic E-state index is 0. The molecule has 2 heteroatoms. The van der Waals surface area contributed by atoms with E-state index in [1.165, 1.54) is 5.56 Å². The molecule has 1 rings (SSSR count). The first-order valence-corrected chi connectivity index (χ1v) is 2.53. The van der Waals surface area contributed by atoms with Gasteiger partial charge in [-0.2, -0.15) is 23.8 Å². The summed E-state index contributed by atoms with van der Waals surface area (Å²) in [5.41, 5.74) is 7.30. The van der Waals surface area contributed by atoms with Crippen molar-refractivity contribution in [3.05, 3.63) is 29.8 Å². The van der Waals surface area contributed by atoms with Gasteiger partial charge in [0.2, 0.25) is 0 Å². The second-order valence-corrected chi connectivity index (χ2v) is 1.82. The first-order valence-electron chi connectivity index (χ1n) is 2.53. The van der Waals surface area contributed by atoms with Crippen molar-refractivity contribution < 1.29 is 19.5 Å². The van der Waals surface area contributed by atoms with Gasteiger partial charge in [-0.05, 0) is 0 Å². The van der Waals surface area contributed by atoms with E-state index in [-0.39, 0.29) is 19.5 Å². The van der Waals surface area contributed by atoms with E-state index in [2.05, 4.69) is 6.07 Å². The summed E-state index contributed by atoms with van der Waals surface area (Å²) in [6.45, 7) is 2.00. The fourth-order valence-corrected chi connectivity index (χ4v) is 0.604. The summed E-state index contributed by atoms with van der Waals surface area (Å²) in [4.78, 5) is 0. The molecule has 0 unspecified atom stereocenters. The molecule has 1 aromatic rings. The van der Waals surface area contributed by atoms with Crippen molar-refractivity contribution in [2.24, 2.45) is 0 Å². The van der Waals surface area contributed by atoms with Crippen molar-refractivity contribution in [3.8, 4) is 0 Å². The molecule has 1 nitrogen and oxygen atoms in total. The van der Waals surface area contributed by atoms with Crippen LogP contribution in [0.25, 0.3) is 0 Å². The smallest absolute Gasteiger partial charge is 0 e. The van der Waals surface area contributed by atoms with Crippen LogP contribution >= 0.6 is 0 Å². The molecule has 0 aliphatic rings. The Morgan fingerprint density at radius 1 is 1.56 bits per heavy atom. The van der Waals surface area contributed by atoms with Gasteiger partial charge in [-0.25, -0.2) is 0 Å². The van der Waals surface area contributed by atoms with Gasteiger partial charge >= 0.3 is 0 Å². The van der Waals surface area contributed by atoms with Crippen LogP contribution in [0.5, 0.6) is 0 Å². The van der Waals surface area contributed by atoms with Gasteiger partial charge in [0.15, 0.2) is 0 Å². The number of nitrogen functional groups attached to an aromatic ring is 1. The molecule has 0 aliphatic carbocycles. The molecule has 0 amide bonds. The first-order chi connectivity index (χ1) is 3.79. The van der Waals surface area contributed by atoms with Gasteiger partial charge in [-0.15, -0.1) is 6.07 Å². The zero-order chi connectivity index (χ0) is 5.98. The van der Waals surface area contributed by atoms with Crippen molar-refractivity contribution in [1.29, 1.82) is 0 Å². The summed E-state index contributed by atoms with van der Waals surface area (Å²) >= 11 is 0. The summed E-state index contributed by atoms with van der Waals surface area (Å²) in [5, 5.41) is 0. The quantitative estimate of drug-likeness (QED) is 0.356. The molecule has 0 saturated carbocycles. The van der Waals surface area contributed by atoms with Crippen LogP contribution in [0.1, 0.15) is 5.56 Å². The fourth-order valence-electron chi connectivity index (χ4n) is 0.604. The van der Waals surface area contributed by atoms with Crippen LogP contribution in [0.3, 0.4) is 0 Å². The first kappa shape index (κ1) is 8.64. The third-order valence-electron chi connectivity index (χ3n) is 0.979. The molecule has 1 aromatic carbocycles. The van der Waals surface area contributed by atoms with Crippen molar-refractivity contribution in [2.75, 3.05) is 5.73 Å². The van der Waals surface area contributed by atoms with Gasteiger partial charge in [0.05, 0.1) is 0 Å². The van der Waals surface area contributed by atoms with E-state index in [4.69, 9.17) is 5.73 Å². The largest absolute Gasteiger partial charge is 0.420 e. The van der Waals surface area contributed by atoms with E-state index in [1.807, 2.05) is 25.1 Å². The van der Waals surface area contributed by atoms with Crippen LogP contribution in [0.4, 0.5) is 5.69 Å². The monoisotopic (exact) mass is 170 g/mol. The van der Waals surface area contributed by atoms with Gasteiger partial charge in [0.25, 0.3) is 0 Å². The number of rotatable bonds is 0. The zero-order valence-electron chi connectivity index (χ0n) is 5.52. The van der Waals surface area contributed by atoms with Gasteiger partial charge in [0.1, 0.15) is 0 Å². The predicted molar refractivity (Wildman–Crippen MR) is 34.4 cm³/mol. The van der Waals surface area contributed by atoms with Crippen LogP contribution in [0.15, 0.2) is 18.2 Å². The second-order valence-electron chi connectivity index (χ2n) is 1.82. The summed E-state index contributed by atoms with van der Waals surface area (Å²) in [5.74, 6) is 0. The van der Waals surface area contributed by atoms with Crippen molar-refractivity contribution >= 4 is 5.69 Å². The maximum absolute atomic E-state index is 5.40. The number of nitrogens with two attached hydrogens (primary N) is 1. The Labute approximate surface area is 68.0 Å². The molecule has 44 valence electrons. The molecule has 0 spiro atoms. The molecule has 0 aromatic heterocycles. The summed E-state index contributed by atoms with van der Waals surface area (Å²) in [6, 6.07) is 8.53.